The zero-order valence-electron chi connectivity index (χ0n) is 20.3. The van der Waals surface area contributed by atoms with E-state index in [0.717, 1.165) is 50.9 Å². The predicted molar refractivity (Wildman–Crippen MR) is 131 cm³/mol. The second-order valence-electron chi connectivity index (χ2n) is 10.4. The van der Waals surface area contributed by atoms with Gasteiger partial charge in [-0.25, -0.2) is 0 Å². The van der Waals surface area contributed by atoms with Gasteiger partial charge in [-0.05, 0) is 81.5 Å². The van der Waals surface area contributed by atoms with Gasteiger partial charge in [0.2, 0.25) is 0 Å². The topological polar surface area (TPSA) is 35.9 Å². The summed E-state index contributed by atoms with van der Waals surface area (Å²) in [6, 6.07) is 9.51. The number of benzene rings is 1. The summed E-state index contributed by atoms with van der Waals surface area (Å²) >= 11 is 0. The van der Waals surface area contributed by atoms with Gasteiger partial charge in [-0.1, -0.05) is 33.1 Å². The van der Waals surface area contributed by atoms with Crippen LogP contribution in [0, 0.1) is 11.8 Å². The van der Waals surface area contributed by atoms with Crippen LogP contribution in [0.4, 0.5) is 5.69 Å². The Morgan fingerprint density at radius 3 is 2.26 bits per heavy atom. The van der Waals surface area contributed by atoms with Gasteiger partial charge in [0.1, 0.15) is 5.75 Å². The number of aliphatic hydroxyl groups excluding tert-OH is 1. The molecular formula is C27H46N2O2. The molecule has 1 aromatic carbocycles. The molecule has 1 aliphatic carbocycles. The second kappa shape index (κ2) is 12.7. The van der Waals surface area contributed by atoms with Crippen molar-refractivity contribution in [2.24, 2.45) is 11.8 Å². The highest BCUT2D eigenvalue weighted by molar-refractivity contribution is 5.50. The van der Waals surface area contributed by atoms with Crippen LogP contribution in [0.1, 0.15) is 78.6 Å². The fourth-order valence-corrected chi connectivity index (χ4v) is 5.05. The SMILES string of the molecule is CC(C)CCN(c1ccc(OCC2CCCCC2)cc1)C1CCN(CCC(C)O)CC1. The van der Waals surface area contributed by atoms with Crippen molar-refractivity contribution in [3.05, 3.63) is 24.3 Å². The molecule has 2 aliphatic rings. The minimum atomic E-state index is -0.195. The van der Waals surface area contributed by atoms with Crippen molar-refractivity contribution in [3.63, 3.8) is 0 Å². The van der Waals surface area contributed by atoms with Gasteiger partial charge in [-0.2, -0.15) is 0 Å². The number of anilines is 1. The molecule has 1 heterocycles. The van der Waals surface area contributed by atoms with Crippen LogP contribution in [-0.4, -0.2) is 54.9 Å². The lowest BCUT2D eigenvalue weighted by atomic mass is 9.90. The lowest BCUT2D eigenvalue weighted by Crippen LogP contribution is -2.46. The summed E-state index contributed by atoms with van der Waals surface area (Å²) in [6.07, 6.45) is 11.1. The molecule has 1 N–H and O–H groups in total. The number of ether oxygens (including phenoxy) is 1. The Balaban J connectivity index is 1.55. The molecule has 176 valence electrons. The normalized spacial score (nSPS) is 20.2. The van der Waals surface area contributed by atoms with Gasteiger partial charge in [0.05, 0.1) is 12.7 Å². The summed E-state index contributed by atoms with van der Waals surface area (Å²) in [5.74, 6) is 2.48. The zero-order chi connectivity index (χ0) is 22.1. The highest BCUT2D eigenvalue weighted by Gasteiger charge is 2.25. The van der Waals surface area contributed by atoms with Crippen LogP contribution in [0.25, 0.3) is 0 Å². The molecule has 1 aromatic rings. The Kier molecular flexibility index (Phi) is 9.98. The molecule has 0 amide bonds. The largest absolute Gasteiger partial charge is 0.493 e. The second-order valence-corrected chi connectivity index (χ2v) is 10.4. The third kappa shape index (κ3) is 8.31. The number of nitrogens with zero attached hydrogens (tertiary/aromatic N) is 2. The van der Waals surface area contributed by atoms with Crippen LogP contribution in [0.5, 0.6) is 5.75 Å². The number of aliphatic hydroxyl groups is 1. The van der Waals surface area contributed by atoms with Crippen molar-refractivity contribution in [2.75, 3.05) is 37.7 Å². The van der Waals surface area contributed by atoms with Gasteiger partial charge in [-0.3, -0.25) is 0 Å². The molecule has 1 saturated heterocycles. The summed E-state index contributed by atoms with van der Waals surface area (Å²) < 4.78 is 6.14. The van der Waals surface area contributed by atoms with Crippen LogP contribution < -0.4 is 9.64 Å². The van der Waals surface area contributed by atoms with Crippen LogP contribution in [0.15, 0.2) is 24.3 Å². The van der Waals surface area contributed by atoms with Gasteiger partial charge in [-0.15, -0.1) is 0 Å². The number of likely N-dealkylation sites (tertiary alicyclic amines) is 1. The minimum Gasteiger partial charge on any atom is -0.493 e. The summed E-state index contributed by atoms with van der Waals surface area (Å²) in [4.78, 5) is 5.17. The van der Waals surface area contributed by atoms with Crippen molar-refractivity contribution in [2.45, 2.75) is 90.7 Å². The van der Waals surface area contributed by atoms with E-state index in [1.165, 1.54) is 57.1 Å². The first-order valence-corrected chi connectivity index (χ1v) is 12.9. The molecule has 1 aliphatic heterocycles. The van der Waals surface area contributed by atoms with E-state index in [1.807, 2.05) is 6.92 Å². The van der Waals surface area contributed by atoms with Crippen molar-refractivity contribution >= 4 is 5.69 Å². The van der Waals surface area contributed by atoms with Crippen LogP contribution >= 0.6 is 0 Å². The summed E-state index contributed by atoms with van der Waals surface area (Å²) in [5.41, 5.74) is 1.34. The molecule has 0 spiro atoms. The minimum absolute atomic E-state index is 0.195. The van der Waals surface area contributed by atoms with Crippen LogP contribution in [0.3, 0.4) is 0 Å². The molecule has 1 atom stereocenters. The molecular weight excluding hydrogens is 384 g/mol. The standard InChI is InChI=1S/C27H46N2O2/c1-22(2)13-20-29(26-15-18-28(19-16-26)17-14-23(3)30)25-9-11-27(12-10-25)31-21-24-7-5-4-6-8-24/h9-12,22-24,26,30H,4-8,13-21H2,1-3H3. The zero-order valence-corrected chi connectivity index (χ0v) is 20.3. The van der Waals surface area contributed by atoms with E-state index in [9.17, 15) is 5.11 Å². The summed E-state index contributed by atoms with van der Waals surface area (Å²) in [7, 11) is 0. The van der Waals surface area contributed by atoms with E-state index in [0.29, 0.717) is 12.0 Å². The van der Waals surface area contributed by atoms with E-state index in [1.54, 1.807) is 0 Å². The number of hydrogen-bond donors (Lipinski definition) is 1. The average molecular weight is 431 g/mol. The van der Waals surface area contributed by atoms with Crippen molar-refractivity contribution in [1.29, 1.82) is 0 Å². The highest BCUT2D eigenvalue weighted by Crippen LogP contribution is 2.28. The Morgan fingerprint density at radius 1 is 0.968 bits per heavy atom. The summed E-state index contributed by atoms with van der Waals surface area (Å²) in [6.45, 7) is 11.8. The van der Waals surface area contributed by atoms with Gasteiger partial charge in [0, 0.05) is 37.9 Å². The molecule has 2 fully saturated rings. The molecule has 1 saturated carbocycles. The molecule has 4 nitrogen and oxygen atoms in total. The first kappa shape index (κ1) is 24.4. The van der Waals surface area contributed by atoms with Gasteiger partial charge in [0.15, 0.2) is 0 Å². The van der Waals surface area contributed by atoms with E-state index in [-0.39, 0.29) is 6.10 Å². The maximum absolute atomic E-state index is 9.58. The fraction of sp³-hybridized carbons (Fsp3) is 0.778. The Bertz CT molecular complexity index is 602. The van der Waals surface area contributed by atoms with E-state index in [2.05, 4.69) is 47.9 Å². The first-order valence-electron chi connectivity index (χ1n) is 12.9. The van der Waals surface area contributed by atoms with E-state index in [4.69, 9.17) is 4.74 Å². The highest BCUT2D eigenvalue weighted by atomic mass is 16.5. The molecule has 0 bridgehead atoms. The molecule has 31 heavy (non-hydrogen) atoms. The van der Waals surface area contributed by atoms with Crippen LogP contribution in [0.2, 0.25) is 0 Å². The number of piperidine rings is 1. The van der Waals surface area contributed by atoms with E-state index < -0.39 is 0 Å². The number of rotatable bonds is 11. The lowest BCUT2D eigenvalue weighted by molar-refractivity contribution is 0.141. The molecule has 0 radical (unpaired) electrons. The third-order valence-electron chi connectivity index (χ3n) is 7.19. The van der Waals surface area contributed by atoms with Crippen molar-refractivity contribution < 1.29 is 9.84 Å². The maximum atomic E-state index is 9.58. The lowest BCUT2D eigenvalue weighted by Gasteiger charge is -2.40. The summed E-state index contributed by atoms with van der Waals surface area (Å²) in [5, 5.41) is 9.58. The fourth-order valence-electron chi connectivity index (χ4n) is 5.05. The predicted octanol–water partition coefficient (Wildman–Crippen LogP) is 5.73. The van der Waals surface area contributed by atoms with Gasteiger partial charge >= 0.3 is 0 Å². The van der Waals surface area contributed by atoms with Gasteiger partial charge in [0.25, 0.3) is 0 Å². The number of hydrogen-bond acceptors (Lipinski definition) is 4. The Morgan fingerprint density at radius 2 is 1.65 bits per heavy atom. The van der Waals surface area contributed by atoms with Crippen molar-refractivity contribution in [3.8, 4) is 5.75 Å². The Hall–Kier alpha value is -1.26. The molecule has 4 heteroatoms. The van der Waals surface area contributed by atoms with Gasteiger partial charge < -0.3 is 19.6 Å². The molecule has 1 unspecified atom stereocenters. The smallest absolute Gasteiger partial charge is 0.119 e. The van der Waals surface area contributed by atoms with Crippen molar-refractivity contribution in [1.82, 2.24) is 4.90 Å². The quantitative estimate of drug-likeness (QED) is 0.486. The van der Waals surface area contributed by atoms with Crippen LogP contribution in [-0.2, 0) is 0 Å². The Labute approximate surface area is 191 Å². The third-order valence-corrected chi connectivity index (χ3v) is 7.19. The monoisotopic (exact) mass is 430 g/mol. The molecule has 3 rings (SSSR count). The maximum Gasteiger partial charge on any atom is 0.119 e. The molecule has 0 aromatic heterocycles. The van der Waals surface area contributed by atoms with E-state index >= 15 is 0 Å². The first-order chi connectivity index (χ1) is 15.0. The average Bonchev–Trinajstić information content (AvgIpc) is 2.78.